The predicted octanol–water partition coefficient (Wildman–Crippen LogP) is 8.50. The molecule has 2 rings (SSSR count). The van der Waals surface area contributed by atoms with E-state index in [1.54, 1.807) is 17.8 Å². The first-order valence-corrected chi connectivity index (χ1v) is 17.6. The monoisotopic (exact) mass is 612 g/mol. The number of rotatable bonds is 25. The van der Waals surface area contributed by atoms with Crippen molar-refractivity contribution in [3.8, 4) is 5.75 Å². The molecule has 10 heteroatoms. The molecule has 0 aromatic heterocycles. The van der Waals surface area contributed by atoms with Crippen LogP contribution in [0.25, 0.3) is 0 Å². The number of amides is 1. The molecule has 0 aliphatic carbocycles. The van der Waals surface area contributed by atoms with Gasteiger partial charge in [0.15, 0.2) is 0 Å². The molecule has 1 heterocycles. The van der Waals surface area contributed by atoms with Gasteiger partial charge >= 0.3 is 14.7 Å². The smallest absolute Gasteiger partial charge is 0.407 e. The molecule has 0 spiro atoms. The van der Waals surface area contributed by atoms with Crippen molar-refractivity contribution in [2.45, 2.75) is 109 Å². The standard InChI is InChI=1S/C31H53N2O6PS/c1-3-4-5-6-7-8-9-10-11-12-13-14-15-16-20-32-31(34)37-25-30(36-2)26-38-40(35)39-29-19-17-18-28(23-29)24-33-21-22-41-27-33/h17-19,21-23,30,35H,3-16,20,24-27H2,1-2H3,(H,32,34). The van der Waals surface area contributed by atoms with Gasteiger partial charge in [-0.05, 0) is 29.5 Å². The second-order valence-corrected chi connectivity index (χ2v) is 12.4. The van der Waals surface area contributed by atoms with Crippen LogP contribution in [0, 0.1) is 0 Å². The van der Waals surface area contributed by atoms with Crippen LogP contribution >= 0.6 is 20.4 Å². The number of hydrogen-bond donors (Lipinski definition) is 2. The van der Waals surface area contributed by atoms with Crippen molar-refractivity contribution in [1.29, 1.82) is 0 Å². The average molecular weight is 613 g/mol. The van der Waals surface area contributed by atoms with Gasteiger partial charge in [-0.3, -0.25) is 4.52 Å². The number of alkyl carbamates (subject to hydrolysis) is 1. The van der Waals surface area contributed by atoms with Crippen LogP contribution in [-0.4, -0.2) is 54.7 Å². The molecule has 0 bridgehead atoms. The number of ether oxygens (including phenoxy) is 2. The van der Waals surface area contributed by atoms with E-state index in [2.05, 4.69) is 28.7 Å². The predicted molar refractivity (Wildman–Crippen MR) is 170 cm³/mol. The van der Waals surface area contributed by atoms with E-state index >= 15 is 0 Å². The first-order chi connectivity index (χ1) is 20.1. The van der Waals surface area contributed by atoms with E-state index in [0.717, 1.165) is 30.8 Å². The molecule has 1 amide bonds. The van der Waals surface area contributed by atoms with E-state index in [-0.39, 0.29) is 13.2 Å². The molecule has 1 aliphatic rings. The highest BCUT2D eigenvalue weighted by molar-refractivity contribution is 8.02. The number of nitrogens with one attached hydrogen (secondary N) is 1. The van der Waals surface area contributed by atoms with E-state index in [9.17, 15) is 9.69 Å². The van der Waals surface area contributed by atoms with Gasteiger partial charge in [0.25, 0.3) is 0 Å². The van der Waals surface area contributed by atoms with Crippen LogP contribution in [0.2, 0.25) is 0 Å². The van der Waals surface area contributed by atoms with Crippen LogP contribution in [0.15, 0.2) is 35.9 Å². The largest absolute Gasteiger partial charge is 0.447 e. The lowest BCUT2D eigenvalue weighted by molar-refractivity contribution is 0.00598. The molecule has 0 radical (unpaired) electrons. The van der Waals surface area contributed by atoms with Crippen molar-refractivity contribution in [1.82, 2.24) is 10.2 Å². The molecule has 2 atom stereocenters. The lowest BCUT2D eigenvalue weighted by atomic mass is 10.0. The normalized spacial score (nSPS) is 14.3. The number of carbonyl (C=O) groups is 1. The zero-order valence-electron chi connectivity index (χ0n) is 25.3. The van der Waals surface area contributed by atoms with Crippen molar-refractivity contribution in [2.75, 3.05) is 32.7 Å². The first kappa shape index (κ1) is 35.7. The fourth-order valence-corrected chi connectivity index (χ4v) is 5.88. The third-order valence-corrected chi connectivity index (χ3v) is 8.51. The van der Waals surface area contributed by atoms with Crippen LogP contribution in [0.3, 0.4) is 0 Å². The second kappa shape index (κ2) is 24.0. The van der Waals surface area contributed by atoms with Gasteiger partial charge in [0.05, 0.1) is 12.5 Å². The van der Waals surface area contributed by atoms with Gasteiger partial charge in [-0.15, -0.1) is 11.8 Å². The SMILES string of the molecule is CCCCCCCCCCCCCCCCNC(=O)OCC(COP(O)Oc1cccc(CN2C=CSC2)c1)OC. The number of thioether (sulfide) groups is 1. The van der Waals surface area contributed by atoms with E-state index in [4.69, 9.17) is 18.5 Å². The minimum Gasteiger partial charge on any atom is -0.447 e. The lowest BCUT2D eigenvalue weighted by Crippen LogP contribution is -2.31. The maximum absolute atomic E-state index is 12.0. The van der Waals surface area contributed by atoms with Gasteiger partial charge in [0.2, 0.25) is 0 Å². The van der Waals surface area contributed by atoms with Gasteiger partial charge in [-0.25, -0.2) is 4.79 Å². The van der Waals surface area contributed by atoms with Crippen LogP contribution in [0.5, 0.6) is 5.75 Å². The third-order valence-electron chi connectivity index (χ3n) is 6.98. The lowest BCUT2D eigenvalue weighted by Gasteiger charge is -2.18. The summed E-state index contributed by atoms with van der Waals surface area (Å²) in [4.78, 5) is 24.4. The van der Waals surface area contributed by atoms with Crippen molar-refractivity contribution in [3.05, 3.63) is 41.4 Å². The van der Waals surface area contributed by atoms with Gasteiger partial charge in [-0.2, -0.15) is 0 Å². The fraction of sp³-hybridized carbons (Fsp3) is 0.710. The fourth-order valence-electron chi connectivity index (χ4n) is 4.52. The van der Waals surface area contributed by atoms with E-state index in [0.29, 0.717) is 12.3 Å². The highest BCUT2D eigenvalue weighted by atomic mass is 32.2. The second-order valence-electron chi connectivity index (χ2n) is 10.6. The number of methoxy groups -OCH3 is 1. The molecule has 1 aromatic rings. The molecule has 1 aliphatic heterocycles. The van der Waals surface area contributed by atoms with Gasteiger partial charge < -0.3 is 29.1 Å². The summed E-state index contributed by atoms with van der Waals surface area (Å²) >= 11 is 1.75. The molecular formula is C31H53N2O6PS. The number of unbranched alkanes of at least 4 members (excludes halogenated alkanes) is 13. The quantitative estimate of drug-likeness (QED) is 0.0839. The summed E-state index contributed by atoms with van der Waals surface area (Å²) in [6.07, 6.45) is 19.4. The molecule has 0 saturated heterocycles. The number of nitrogens with zero attached hydrogens (tertiary/aromatic N) is 1. The van der Waals surface area contributed by atoms with Gasteiger partial charge in [0.1, 0.15) is 18.5 Å². The first-order valence-electron chi connectivity index (χ1n) is 15.4. The van der Waals surface area contributed by atoms with E-state index < -0.39 is 20.8 Å². The van der Waals surface area contributed by atoms with Crippen molar-refractivity contribution in [3.63, 3.8) is 0 Å². The number of benzene rings is 1. The molecule has 0 fully saturated rings. The van der Waals surface area contributed by atoms with Crippen LogP contribution in [0.4, 0.5) is 4.79 Å². The van der Waals surface area contributed by atoms with Crippen LogP contribution in [0.1, 0.15) is 102 Å². The highest BCUT2D eigenvalue weighted by Crippen LogP contribution is 2.35. The minimum atomic E-state index is -2.14. The van der Waals surface area contributed by atoms with E-state index in [1.807, 2.05) is 18.2 Å². The molecule has 8 nitrogen and oxygen atoms in total. The Kier molecular flexibility index (Phi) is 20.9. The van der Waals surface area contributed by atoms with Crippen LogP contribution < -0.4 is 9.84 Å². The Morgan fingerprint density at radius 1 is 1.00 bits per heavy atom. The number of carbonyl (C=O) groups excluding carboxylic acids is 1. The minimum absolute atomic E-state index is 0.0289. The van der Waals surface area contributed by atoms with Crippen molar-refractivity contribution >= 4 is 26.5 Å². The summed E-state index contributed by atoms with van der Waals surface area (Å²) in [6.45, 7) is 3.71. The molecule has 1 aromatic carbocycles. The summed E-state index contributed by atoms with van der Waals surface area (Å²) in [5, 5.41) is 4.87. The van der Waals surface area contributed by atoms with E-state index in [1.165, 1.54) is 84.2 Å². The summed E-state index contributed by atoms with van der Waals surface area (Å²) < 4.78 is 21.6. The molecule has 41 heavy (non-hydrogen) atoms. The summed E-state index contributed by atoms with van der Waals surface area (Å²) in [6, 6.07) is 7.59. The molecule has 234 valence electrons. The van der Waals surface area contributed by atoms with Gasteiger partial charge in [-0.1, -0.05) is 103 Å². The summed E-state index contributed by atoms with van der Waals surface area (Å²) in [7, 11) is -0.629. The average Bonchev–Trinajstić information content (AvgIpc) is 3.48. The zero-order valence-corrected chi connectivity index (χ0v) is 27.0. The maximum Gasteiger partial charge on any atom is 0.407 e. The summed E-state index contributed by atoms with van der Waals surface area (Å²) in [5.41, 5.74) is 1.08. The third kappa shape index (κ3) is 18.6. The Labute approximate surface area is 253 Å². The Bertz CT molecular complexity index is 834. The maximum atomic E-state index is 12.0. The topological polar surface area (TPSA) is 89.5 Å². The Morgan fingerprint density at radius 3 is 2.27 bits per heavy atom. The molecule has 2 N–H and O–H groups in total. The number of hydrogen-bond acceptors (Lipinski definition) is 8. The van der Waals surface area contributed by atoms with Gasteiger partial charge in [0, 0.05) is 26.4 Å². The Balaban J connectivity index is 1.43. The molecular weight excluding hydrogens is 559 g/mol. The Hall–Kier alpha value is -1.51. The van der Waals surface area contributed by atoms with Crippen LogP contribution in [-0.2, 0) is 20.5 Å². The zero-order chi connectivity index (χ0) is 29.4. The highest BCUT2D eigenvalue weighted by Gasteiger charge is 2.17. The van der Waals surface area contributed by atoms with Crippen molar-refractivity contribution < 1.29 is 28.2 Å². The Morgan fingerprint density at radius 2 is 1.66 bits per heavy atom. The molecule has 2 unspecified atom stereocenters. The van der Waals surface area contributed by atoms with Crippen molar-refractivity contribution in [2.24, 2.45) is 0 Å². The molecule has 0 saturated carbocycles. The summed E-state index contributed by atoms with van der Waals surface area (Å²) in [5.74, 6) is 1.47.